The molecule has 1 amide bonds. The summed E-state index contributed by atoms with van der Waals surface area (Å²) in [5.41, 5.74) is 1.35. The van der Waals surface area contributed by atoms with Crippen LogP contribution in [0.5, 0.6) is 0 Å². The molecule has 0 radical (unpaired) electrons. The molecule has 0 bridgehead atoms. The molecule has 2 aromatic carbocycles. The first-order valence-electron chi connectivity index (χ1n) is 8.21. The molecule has 9 nitrogen and oxygen atoms in total. The Balaban J connectivity index is 1.80. The summed E-state index contributed by atoms with van der Waals surface area (Å²) in [7, 11) is -4.51. The third kappa shape index (κ3) is 7.89. The Morgan fingerprint density at radius 3 is 2.00 bits per heavy atom. The second kappa shape index (κ2) is 10.6. The summed E-state index contributed by atoms with van der Waals surface area (Å²) in [5, 5.41) is 11.2. The predicted molar refractivity (Wildman–Crippen MR) is 98.2 cm³/mol. The van der Waals surface area contributed by atoms with Crippen molar-refractivity contribution < 1.29 is 37.9 Å². The minimum absolute atomic E-state index is 0.0570. The van der Waals surface area contributed by atoms with Crippen LogP contribution in [0.15, 0.2) is 60.7 Å². The number of carboxylic acid groups (broad SMARTS) is 1. The Hall–Kier alpha value is -2.71. The third-order valence-electron chi connectivity index (χ3n) is 3.44. The normalized spacial score (nSPS) is 13.9. The zero-order valence-electron chi connectivity index (χ0n) is 14.8. The topological polar surface area (TPSA) is 131 Å². The Bertz CT molecular complexity index is 815. The lowest BCUT2D eigenvalue weighted by Crippen LogP contribution is -2.44. The van der Waals surface area contributed by atoms with Crippen molar-refractivity contribution in [2.24, 2.45) is 0 Å². The van der Waals surface area contributed by atoms with E-state index in [0.717, 1.165) is 5.56 Å². The van der Waals surface area contributed by atoms with E-state index in [0.29, 0.717) is 5.56 Å². The Morgan fingerprint density at radius 2 is 1.46 bits per heavy atom. The molecule has 0 aromatic heterocycles. The van der Waals surface area contributed by atoms with Gasteiger partial charge in [-0.3, -0.25) is 9.05 Å². The summed E-state index contributed by atoms with van der Waals surface area (Å²) < 4.78 is 26.3. The number of carbonyl (C=O) groups is 2. The van der Waals surface area contributed by atoms with E-state index in [1.165, 1.54) is 0 Å². The highest BCUT2D eigenvalue weighted by Gasteiger charge is 2.28. The molecule has 10 heteroatoms. The van der Waals surface area contributed by atoms with Crippen LogP contribution in [-0.4, -0.2) is 34.7 Å². The number of alkyl carbamates (subject to hydrolysis) is 1. The Morgan fingerprint density at radius 1 is 0.929 bits per heavy atom. The molecule has 0 saturated heterocycles. The molecule has 150 valence electrons. The number of ether oxygens (including phenoxy) is 1. The van der Waals surface area contributed by atoms with Crippen LogP contribution in [-0.2, 0) is 36.4 Å². The van der Waals surface area contributed by atoms with Crippen LogP contribution in [0.1, 0.15) is 11.1 Å². The fraction of sp³-hybridized carbons (Fsp3) is 0.222. The molecular formula is C18H20NO8P. The molecule has 28 heavy (non-hydrogen) atoms. The number of benzene rings is 2. The van der Waals surface area contributed by atoms with Crippen LogP contribution < -0.4 is 5.32 Å². The van der Waals surface area contributed by atoms with Gasteiger partial charge >= 0.3 is 19.9 Å². The molecule has 0 heterocycles. The van der Waals surface area contributed by atoms with Crippen molar-refractivity contribution in [1.82, 2.24) is 5.32 Å². The van der Waals surface area contributed by atoms with Gasteiger partial charge in [-0.2, -0.15) is 0 Å². The zero-order valence-corrected chi connectivity index (χ0v) is 15.7. The van der Waals surface area contributed by atoms with Gasteiger partial charge < -0.3 is 20.1 Å². The number of amides is 1. The highest BCUT2D eigenvalue weighted by Crippen LogP contribution is 2.44. The average Bonchev–Trinajstić information content (AvgIpc) is 2.69. The minimum Gasteiger partial charge on any atom is -0.480 e. The van der Waals surface area contributed by atoms with Crippen LogP contribution >= 0.6 is 7.82 Å². The van der Waals surface area contributed by atoms with E-state index in [-0.39, 0.29) is 13.2 Å². The number of hydrogen-bond acceptors (Lipinski definition) is 6. The maximum Gasteiger partial charge on any atom is 0.472 e. The quantitative estimate of drug-likeness (QED) is 0.511. The lowest BCUT2D eigenvalue weighted by atomic mass is 10.2. The minimum atomic E-state index is -4.51. The van der Waals surface area contributed by atoms with Crippen molar-refractivity contribution >= 4 is 19.9 Å². The van der Waals surface area contributed by atoms with Crippen LogP contribution in [0.25, 0.3) is 0 Å². The Labute approximate surface area is 161 Å². The zero-order chi connectivity index (χ0) is 20.4. The summed E-state index contributed by atoms with van der Waals surface area (Å²) >= 11 is 0. The highest BCUT2D eigenvalue weighted by atomic mass is 31.2. The Kier molecular flexibility index (Phi) is 8.16. The average molecular weight is 409 g/mol. The van der Waals surface area contributed by atoms with Crippen molar-refractivity contribution in [1.29, 1.82) is 0 Å². The molecule has 3 N–H and O–H groups in total. The van der Waals surface area contributed by atoms with Crippen molar-refractivity contribution in [3.8, 4) is 0 Å². The summed E-state index contributed by atoms with van der Waals surface area (Å²) in [6.07, 6.45) is -1.00. The lowest BCUT2D eigenvalue weighted by molar-refractivity contribution is -0.140. The van der Waals surface area contributed by atoms with Gasteiger partial charge in [0.25, 0.3) is 0 Å². The number of carbonyl (C=O) groups excluding carboxylic acids is 1. The fourth-order valence-electron chi connectivity index (χ4n) is 2.02. The van der Waals surface area contributed by atoms with E-state index < -0.39 is 32.5 Å². The van der Waals surface area contributed by atoms with Gasteiger partial charge in [-0.05, 0) is 11.1 Å². The maximum atomic E-state index is 11.9. The number of phosphoric acid groups is 1. The van der Waals surface area contributed by atoms with Gasteiger partial charge in [-0.25, -0.2) is 14.2 Å². The number of rotatable bonds is 10. The smallest absolute Gasteiger partial charge is 0.472 e. The van der Waals surface area contributed by atoms with E-state index in [9.17, 15) is 19.0 Å². The van der Waals surface area contributed by atoms with Gasteiger partial charge in [0.1, 0.15) is 6.61 Å². The van der Waals surface area contributed by atoms with Crippen molar-refractivity contribution in [2.75, 3.05) is 6.61 Å². The summed E-state index contributed by atoms with van der Waals surface area (Å²) in [6, 6.07) is 15.8. The van der Waals surface area contributed by atoms with Gasteiger partial charge in [0.15, 0.2) is 6.04 Å². The highest BCUT2D eigenvalue weighted by molar-refractivity contribution is 7.47. The summed E-state index contributed by atoms with van der Waals surface area (Å²) in [4.78, 5) is 32.7. The van der Waals surface area contributed by atoms with Crippen LogP contribution in [0.2, 0.25) is 0 Å². The van der Waals surface area contributed by atoms with Crippen LogP contribution in [0.4, 0.5) is 4.79 Å². The van der Waals surface area contributed by atoms with Crippen molar-refractivity contribution in [2.45, 2.75) is 19.3 Å². The molecule has 2 rings (SSSR count). The van der Waals surface area contributed by atoms with Gasteiger partial charge in [0.2, 0.25) is 0 Å². The fourth-order valence-corrected chi connectivity index (χ4v) is 2.74. The van der Waals surface area contributed by atoms with Crippen molar-refractivity contribution in [3.63, 3.8) is 0 Å². The van der Waals surface area contributed by atoms with Gasteiger partial charge in [-0.15, -0.1) is 0 Å². The standard InChI is InChI=1S/C18H20NO8P/c20-17(21)16(19-18(22)25-11-14-7-3-1-4-8-14)13-27-28(23,24)26-12-15-9-5-2-6-10-15/h1-10,16H,11-13H2,(H,19,22)(H,20,21)(H,23,24). The SMILES string of the molecule is O=C(NC(COP(=O)(O)OCc1ccccc1)C(=O)O)OCc1ccccc1. The molecule has 0 saturated carbocycles. The molecule has 0 aliphatic heterocycles. The third-order valence-corrected chi connectivity index (χ3v) is 4.38. The summed E-state index contributed by atoms with van der Waals surface area (Å²) in [5.74, 6) is -1.46. The molecule has 2 atom stereocenters. The lowest BCUT2D eigenvalue weighted by Gasteiger charge is -2.17. The first-order valence-corrected chi connectivity index (χ1v) is 9.71. The molecule has 2 unspecified atom stereocenters. The number of carboxylic acids is 1. The van der Waals surface area contributed by atoms with Gasteiger partial charge in [0, 0.05) is 0 Å². The number of nitrogens with one attached hydrogen (secondary N) is 1. The van der Waals surface area contributed by atoms with Crippen LogP contribution in [0, 0.1) is 0 Å². The molecule has 0 aliphatic rings. The molecular weight excluding hydrogens is 389 g/mol. The van der Waals surface area contributed by atoms with E-state index in [4.69, 9.17) is 14.4 Å². The molecule has 0 fully saturated rings. The molecule has 0 spiro atoms. The molecule has 0 aliphatic carbocycles. The van der Waals surface area contributed by atoms with E-state index >= 15 is 0 Å². The number of aliphatic carboxylic acids is 1. The van der Waals surface area contributed by atoms with E-state index in [2.05, 4.69) is 9.84 Å². The van der Waals surface area contributed by atoms with Gasteiger partial charge in [0.05, 0.1) is 13.2 Å². The van der Waals surface area contributed by atoms with E-state index in [1.807, 2.05) is 0 Å². The first kappa shape index (κ1) is 21.6. The molecule has 2 aromatic rings. The monoisotopic (exact) mass is 409 g/mol. The predicted octanol–water partition coefficient (Wildman–Crippen LogP) is 2.70. The number of hydrogen-bond donors (Lipinski definition) is 3. The van der Waals surface area contributed by atoms with Crippen LogP contribution in [0.3, 0.4) is 0 Å². The maximum absolute atomic E-state index is 11.9. The largest absolute Gasteiger partial charge is 0.480 e. The summed E-state index contributed by atoms with van der Waals surface area (Å²) in [6.45, 7) is -1.03. The number of phosphoric ester groups is 1. The second-order valence-corrected chi connectivity index (χ2v) is 7.07. The van der Waals surface area contributed by atoms with Crippen molar-refractivity contribution in [3.05, 3.63) is 71.8 Å². The first-order chi connectivity index (χ1) is 13.4. The second-order valence-electron chi connectivity index (χ2n) is 5.62. The van der Waals surface area contributed by atoms with Gasteiger partial charge in [-0.1, -0.05) is 60.7 Å². The van der Waals surface area contributed by atoms with E-state index in [1.54, 1.807) is 60.7 Å².